The third-order valence-corrected chi connectivity index (χ3v) is 5.24. The first kappa shape index (κ1) is 17.9. The molecule has 0 spiro atoms. The molecule has 0 aliphatic carbocycles. The minimum absolute atomic E-state index is 0.448. The summed E-state index contributed by atoms with van der Waals surface area (Å²) in [4.78, 5) is 0. The molecular weight excluding hydrogens is 231 g/mol. The summed E-state index contributed by atoms with van der Waals surface area (Å²) in [6.07, 6.45) is 1.09. The van der Waals surface area contributed by atoms with E-state index in [9.17, 15) is 4.57 Å². The summed E-state index contributed by atoms with van der Waals surface area (Å²) < 4.78 is 22.1. The monoisotopic (exact) mass is 256 g/mol. The molecule has 0 aromatic heterocycles. The third-order valence-electron chi connectivity index (χ3n) is 1.25. The van der Waals surface area contributed by atoms with Gasteiger partial charge in [-0.15, -0.1) is 11.8 Å². The number of thioether (sulfide) groups is 1. The predicted octanol–water partition coefficient (Wildman–Crippen LogP) is 4.38. The van der Waals surface area contributed by atoms with Crippen molar-refractivity contribution in [1.29, 1.82) is 0 Å². The molecule has 0 fully saturated rings. The highest BCUT2D eigenvalue weighted by molar-refractivity contribution is 8.04. The molecule has 15 heavy (non-hydrogen) atoms. The molecule has 5 heteroatoms. The molecule has 0 aliphatic rings. The van der Waals surface area contributed by atoms with Crippen LogP contribution in [0.4, 0.5) is 0 Å². The third kappa shape index (κ3) is 10.8. The van der Waals surface area contributed by atoms with Crippen molar-refractivity contribution in [3.63, 3.8) is 0 Å². The maximum absolute atomic E-state index is 11.8. The smallest absolute Gasteiger partial charge is 0.308 e. The zero-order valence-electron chi connectivity index (χ0n) is 10.6. The van der Waals surface area contributed by atoms with E-state index in [4.69, 9.17) is 9.05 Å². The molecule has 0 saturated heterocycles. The zero-order valence-corrected chi connectivity index (χ0v) is 12.3. The Balaban J connectivity index is 0. The molecule has 0 heterocycles. The minimum Gasteiger partial charge on any atom is -0.308 e. The van der Waals surface area contributed by atoms with E-state index in [0.29, 0.717) is 18.7 Å². The standard InChI is InChI=1S/C8H19O3PS.C2H6/c1-4-7-13-8-12(9,10-5-2)11-6-3;1-2/h4-8H2,1-3H3;1-2H3. The summed E-state index contributed by atoms with van der Waals surface area (Å²) in [5.74, 6) is 1.00. The van der Waals surface area contributed by atoms with E-state index in [-0.39, 0.29) is 0 Å². The van der Waals surface area contributed by atoms with Gasteiger partial charge in [-0.1, -0.05) is 20.8 Å². The van der Waals surface area contributed by atoms with Crippen LogP contribution in [0.3, 0.4) is 0 Å². The van der Waals surface area contributed by atoms with Crippen LogP contribution < -0.4 is 0 Å². The molecular formula is C10H25O3PS. The Morgan fingerprint density at radius 1 is 1.07 bits per heavy atom. The molecule has 0 radical (unpaired) electrons. The van der Waals surface area contributed by atoms with Gasteiger partial charge in [0.1, 0.15) is 0 Å². The number of hydrogen-bond acceptors (Lipinski definition) is 4. The van der Waals surface area contributed by atoms with Gasteiger partial charge in [0.05, 0.1) is 18.7 Å². The molecule has 0 saturated carbocycles. The van der Waals surface area contributed by atoms with Crippen LogP contribution in [-0.4, -0.2) is 24.5 Å². The van der Waals surface area contributed by atoms with Gasteiger partial charge in [0, 0.05) is 0 Å². The molecule has 0 aromatic carbocycles. The minimum atomic E-state index is -2.79. The van der Waals surface area contributed by atoms with Crippen molar-refractivity contribution >= 4 is 19.4 Å². The second-order valence-electron chi connectivity index (χ2n) is 2.48. The van der Waals surface area contributed by atoms with Crippen LogP contribution in [-0.2, 0) is 13.6 Å². The second-order valence-corrected chi connectivity index (χ2v) is 6.07. The van der Waals surface area contributed by atoms with Gasteiger partial charge < -0.3 is 9.05 Å². The average Bonchev–Trinajstić information content (AvgIpc) is 2.22. The van der Waals surface area contributed by atoms with Gasteiger partial charge >= 0.3 is 7.60 Å². The van der Waals surface area contributed by atoms with Crippen LogP contribution in [0.15, 0.2) is 0 Å². The van der Waals surface area contributed by atoms with Gasteiger partial charge in [0.25, 0.3) is 0 Å². The van der Waals surface area contributed by atoms with Crippen molar-refractivity contribution < 1.29 is 13.6 Å². The van der Waals surface area contributed by atoms with Crippen LogP contribution in [0.25, 0.3) is 0 Å². The normalized spacial score (nSPS) is 10.7. The lowest BCUT2D eigenvalue weighted by atomic mass is 10.6. The predicted molar refractivity (Wildman–Crippen MR) is 69.8 cm³/mol. The van der Waals surface area contributed by atoms with E-state index >= 15 is 0 Å². The highest BCUT2D eigenvalue weighted by Crippen LogP contribution is 2.50. The summed E-state index contributed by atoms with van der Waals surface area (Å²) in [6, 6.07) is 0. The van der Waals surface area contributed by atoms with Crippen molar-refractivity contribution in [1.82, 2.24) is 0 Å². The Hall–Kier alpha value is 0.500. The molecule has 0 unspecified atom stereocenters. The van der Waals surface area contributed by atoms with Crippen LogP contribution in [0.1, 0.15) is 41.0 Å². The number of rotatable bonds is 8. The fraction of sp³-hybridized carbons (Fsp3) is 1.00. The van der Waals surface area contributed by atoms with Gasteiger partial charge in [-0.05, 0) is 26.0 Å². The molecule has 94 valence electrons. The van der Waals surface area contributed by atoms with E-state index in [1.165, 1.54) is 0 Å². The van der Waals surface area contributed by atoms with Crippen molar-refractivity contribution in [2.24, 2.45) is 0 Å². The van der Waals surface area contributed by atoms with Crippen molar-refractivity contribution in [3.05, 3.63) is 0 Å². The van der Waals surface area contributed by atoms with E-state index in [1.54, 1.807) is 11.8 Å². The Labute approximate surface area is 98.8 Å². The first-order valence-electron chi connectivity index (χ1n) is 5.64. The summed E-state index contributed by atoms with van der Waals surface area (Å²) in [6.45, 7) is 10.7. The molecule has 0 amide bonds. The summed E-state index contributed by atoms with van der Waals surface area (Å²) in [5.41, 5.74) is 0.475. The first-order valence-corrected chi connectivity index (χ1v) is 8.52. The first-order chi connectivity index (χ1) is 7.18. The van der Waals surface area contributed by atoms with Crippen molar-refractivity contribution in [3.8, 4) is 0 Å². The summed E-state index contributed by atoms with van der Waals surface area (Å²) in [7, 11) is -2.79. The summed E-state index contributed by atoms with van der Waals surface area (Å²) >= 11 is 1.63. The van der Waals surface area contributed by atoms with Crippen LogP contribution in [0.2, 0.25) is 0 Å². The van der Waals surface area contributed by atoms with E-state index in [2.05, 4.69) is 6.92 Å². The van der Waals surface area contributed by atoms with Gasteiger partial charge in [0.15, 0.2) is 0 Å². The van der Waals surface area contributed by atoms with Gasteiger partial charge in [-0.25, -0.2) is 0 Å². The molecule has 0 aromatic rings. The fourth-order valence-corrected chi connectivity index (χ4v) is 3.98. The van der Waals surface area contributed by atoms with E-state index in [0.717, 1.165) is 12.2 Å². The topological polar surface area (TPSA) is 35.5 Å². The van der Waals surface area contributed by atoms with Gasteiger partial charge in [-0.3, -0.25) is 4.57 Å². The van der Waals surface area contributed by atoms with E-state index in [1.807, 2.05) is 27.7 Å². The Morgan fingerprint density at radius 3 is 1.87 bits per heavy atom. The van der Waals surface area contributed by atoms with Crippen molar-refractivity contribution in [2.75, 3.05) is 24.5 Å². The van der Waals surface area contributed by atoms with Gasteiger partial charge in [0.2, 0.25) is 0 Å². The Morgan fingerprint density at radius 2 is 1.53 bits per heavy atom. The lowest BCUT2D eigenvalue weighted by Gasteiger charge is -2.15. The fourth-order valence-electron chi connectivity index (χ4n) is 0.826. The van der Waals surface area contributed by atoms with Crippen LogP contribution >= 0.6 is 19.4 Å². The van der Waals surface area contributed by atoms with Gasteiger partial charge in [-0.2, -0.15) is 0 Å². The Bertz CT molecular complexity index is 155. The molecule has 0 rings (SSSR count). The lowest BCUT2D eigenvalue weighted by Crippen LogP contribution is -1.98. The quantitative estimate of drug-likeness (QED) is 0.477. The maximum atomic E-state index is 11.8. The maximum Gasteiger partial charge on any atom is 0.340 e. The zero-order chi connectivity index (χ0) is 12.2. The largest absolute Gasteiger partial charge is 0.340 e. The molecule has 0 atom stereocenters. The molecule has 0 aliphatic heterocycles. The highest BCUT2D eigenvalue weighted by atomic mass is 32.2. The van der Waals surface area contributed by atoms with Crippen molar-refractivity contribution in [2.45, 2.75) is 41.0 Å². The number of hydrogen-bond donors (Lipinski definition) is 0. The molecule has 0 N–H and O–H groups in total. The average molecular weight is 256 g/mol. The van der Waals surface area contributed by atoms with Crippen LogP contribution in [0.5, 0.6) is 0 Å². The summed E-state index contributed by atoms with van der Waals surface area (Å²) in [5, 5.41) is 0. The van der Waals surface area contributed by atoms with E-state index < -0.39 is 7.60 Å². The lowest BCUT2D eigenvalue weighted by molar-refractivity contribution is 0.224. The SMILES string of the molecule is CC.CCCSCP(=O)(OCC)OCC. The highest BCUT2D eigenvalue weighted by Gasteiger charge is 2.22. The Kier molecular flexibility index (Phi) is 15.0. The van der Waals surface area contributed by atoms with Crippen LogP contribution in [0, 0.1) is 0 Å². The molecule has 0 bridgehead atoms. The molecule has 3 nitrogen and oxygen atoms in total. The second kappa shape index (κ2) is 12.6.